The lowest BCUT2D eigenvalue weighted by atomic mass is 10.1. The van der Waals surface area contributed by atoms with Gasteiger partial charge in [-0.3, -0.25) is 19.3 Å². The fourth-order valence-electron chi connectivity index (χ4n) is 3.33. The van der Waals surface area contributed by atoms with Gasteiger partial charge < -0.3 is 14.5 Å². The third-order valence-electron chi connectivity index (χ3n) is 5.03. The summed E-state index contributed by atoms with van der Waals surface area (Å²) in [4.78, 5) is 39.0. The summed E-state index contributed by atoms with van der Waals surface area (Å²) in [5.74, 6) is 0.0295. The topological polar surface area (TPSA) is 88.8 Å². The highest BCUT2D eigenvalue weighted by atomic mass is 35.5. The van der Waals surface area contributed by atoms with Crippen LogP contribution in [0.3, 0.4) is 0 Å². The van der Waals surface area contributed by atoms with Crippen molar-refractivity contribution in [2.24, 2.45) is 0 Å². The van der Waals surface area contributed by atoms with Crippen LogP contribution in [0.15, 0.2) is 51.8 Å². The van der Waals surface area contributed by atoms with Crippen LogP contribution in [-0.4, -0.2) is 42.2 Å². The number of furan rings is 1. The van der Waals surface area contributed by atoms with Gasteiger partial charge in [-0.15, -0.1) is 0 Å². The number of hydrogen-bond donors (Lipinski definition) is 1. The minimum absolute atomic E-state index is 0.0520. The van der Waals surface area contributed by atoms with E-state index in [1.165, 1.54) is 0 Å². The molecule has 0 saturated carbocycles. The van der Waals surface area contributed by atoms with Crippen molar-refractivity contribution in [2.45, 2.75) is 6.92 Å². The molecule has 9 heteroatoms. The molecule has 1 aliphatic rings. The van der Waals surface area contributed by atoms with Gasteiger partial charge in [-0.05, 0) is 48.5 Å². The van der Waals surface area contributed by atoms with Gasteiger partial charge in [0.2, 0.25) is 0 Å². The number of amides is 3. The molecule has 0 spiro atoms. The number of aryl methyl sites for hydroxylation is 1. The predicted molar refractivity (Wildman–Crippen MR) is 124 cm³/mol. The zero-order valence-electron chi connectivity index (χ0n) is 17.3. The second kappa shape index (κ2) is 9.10. The van der Waals surface area contributed by atoms with E-state index in [4.69, 9.17) is 20.8 Å². The first-order valence-corrected chi connectivity index (χ1v) is 10.9. The predicted octanol–water partition coefficient (Wildman–Crippen LogP) is 4.87. The average Bonchev–Trinajstić information content (AvgIpc) is 3.26. The van der Waals surface area contributed by atoms with E-state index in [9.17, 15) is 14.4 Å². The van der Waals surface area contributed by atoms with E-state index in [0.717, 1.165) is 27.6 Å². The number of nitrogens with one attached hydrogen (secondary N) is 1. The van der Waals surface area contributed by atoms with Crippen LogP contribution < -0.4 is 10.1 Å². The van der Waals surface area contributed by atoms with E-state index in [1.807, 2.05) is 6.07 Å². The number of halogens is 1. The smallest absolute Gasteiger partial charge is 0.293 e. The number of benzene rings is 2. The van der Waals surface area contributed by atoms with E-state index >= 15 is 0 Å². The summed E-state index contributed by atoms with van der Waals surface area (Å²) in [6.45, 7) is 1.92. The van der Waals surface area contributed by atoms with Crippen LogP contribution in [0.25, 0.3) is 17.0 Å². The molecule has 3 amide bonds. The maximum Gasteiger partial charge on any atom is 0.293 e. The molecule has 1 saturated heterocycles. The summed E-state index contributed by atoms with van der Waals surface area (Å²) in [5, 5.41) is 3.51. The molecule has 1 fully saturated rings. The number of hydrogen-bond acceptors (Lipinski definition) is 6. The number of carbonyl (C=O) groups excluding carboxylic acids is 3. The first-order chi connectivity index (χ1) is 15.4. The van der Waals surface area contributed by atoms with Crippen molar-refractivity contribution < 1.29 is 23.5 Å². The average molecular weight is 471 g/mol. The Hall–Kier alpha value is -3.23. The lowest BCUT2D eigenvalue weighted by Gasteiger charge is -2.12. The van der Waals surface area contributed by atoms with Crippen LogP contribution in [0.1, 0.15) is 21.7 Å². The van der Waals surface area contributed by atoms with Crippen molar-refractivity contribution in [3.8, 4) is 5.75 Å². The van der Waals surface area contributed by atoms with E-state index in [2.05, 4.69) is 5.32 Å². The van der Waals surface area contributed by atoms with Crippen molar-refractivity contribution in [3.05, 3.63) is 69.3 Å². The van der Waals surface area contributed by atoms with Gasteiger partial charge in [0.25, 0.3) is 17.1 Å². The Labute approximate surface area is 193 Å². The molecule has 7 nitrogen and oxygen atoms in total. The third kappa shape index (κ3) is 4.24. The third-order valence-corrected chi connectivity index (χ3v) is 6.24. The molecule has 32 heavy (non-hydrogen) atoms. The molecule has 1 aromatic heterocycles. The lowest BCUT2D eigenvalue weighted by molar-refractivity contribution is -0.122. The second-order valence-corrected chi connectivity index (χ2v) is 8.44. The van der Waals surface area contributed by atoms with Crippen molar-refractivity contribution in [1.82, 2.24) is 10.2 Å². The summed E-state index contributed by atoms with van der Waals surface area (Å²) in [6, 6.07) is 12.5. The van der Waals surface area contributed by atoms with Gasteiger partial charge in [0.15, 0.2) is 11.3 Å². The van der Waals surface area contributed by atoms with E-state index < -0.39 is 11.8 Å². The van der Waals surface area contributed by atoms with Crippen LogP contribution in [0.4, 0.5) is 4.79 Å². The van der Waals surface area contributed by atoms with Crippen LogP contribution in [0.5, 0.6) is 5.75 Å². The fourth-order valence-corrected chi connectivity index (χ4v) is 4.41. The number of nitrogens with zero attached hydrogens (tertiary/aromatic N) is 1. The summed E-state index contributed by atoms with van der Waals surface area (Å²) in [5.41, 5.74) is 1.91. The number of carbonyl (C=O) groups is 3. The Kier molecular flexibility index (Phi) is 6.25. The van der Waals surface area contributed by atoms with Gasteiger partial charge in [-0.2, -0.15) is 0 Å². The number of rotatable bonds is 6. The van der Waals surface area contributed by atoms with Gasteiger partial charge in [-0.1, -0.05) is 35.9 Å². The van der Waals surface area contributed by atoms with Gasteiger partial charge >= 0.3 is 0 Å². The molecule has 2 aromatic carbocycles. The highest BCUT2D eigenvalue weighted by Gasteiger charge is 2.34. The molecule has 0 bridgehead atoms. The molecule has 1 N–H and O–H groups in total. The Morgan fingerprint density at radius 3 is 2.66 bits per heavy atom. The number of thioether (sulfide) groups is 1. The van der Waals surface area contributed by atoms with Gasteiger partial charge in [0.05, 0.1) is 17.0 Å². The van der Waals surface area contributed by atoms with Crippen LogP contribution in [-0.2, 0) is 4.79 Å². The second-order valence-electron chi connectivity index (χ2n) is 7.04. The zero-order chi connectivity index (χ0) is 22.8. The molecule has 4 rings (SSSR count). The largest absolute Gasteiger partial charge is 0.497 e. The molecule has 0 atom stereocenters. The highest BCUT2D eigenvalue weighted by Crippen LogP contribution is 2.33. The molecule has 2 heterocycles. The van der Waals surface area contributed by atoms with E-state index in [1.54, 1.807) is 56.5 Å². The molecule has 1 aliphatic heterocycles. The van der Waals surface area contributed by atoms with Crippen LogP contribution >= 0.6 is 23.4 Å². The fraction of sp³-hybridized carbons (Fsp3) is 0.174. The van der Waals surface area contributed by atoms with Gasteiger partial charge in [-0.25, -0.2) is 0 Å². The molecular formula is C23H19ClN2O5S. The van der Waals surface area contributed by atoms with Crippen LogP contribution in [0, 0.1) is 6.92 Å². The SMILES string of the molecule is COc1ccc(/C=C2\SC(=O)N(CCNC(=O)c3oc4c(Cl)cccc4c3C)C2=O)cc1. The summed E-state index contributed by atoms with van der Waals surface area (Å²) >= 11 is 7.01. The quantitative estimate of drug-likeness (QED) is 0.517. The Morgan fingerprint density at radius 1 is 1.22 bits per heavy atom. The van der Waals surface area contributed by atoms with Crippen molar-refractivity contribution in [3.63, 3.8) is 0 Å². The molecule has 0 aliphatic carbocycles. The van der Waals surface area contributed by atoms with Crippen molar-refractivity contribution in [2.75, 3.05) is 20.2 Å². The molecular weight excluding hydrogens is 452 g/mol. The Balaban J connectivity index is 1.39. The Bertz CT molecular complexity index is 1250. The lowest BCUT2D eigenvalue weighted by Crippen LogP contribution is -2.37. The van der Waals surface area contributed by atoms with Gasteiger partial charge in [0, 0.05) is 24.0 Å². The summed E-state index contributed by atoms with van der Waals surface area (Å²) in [6.07, 6.45) is 1.66. The Morgan fingerprint density at radius 2 is 1.97 bits per heavy atom. The monoisotopic (exact) mass is 470 g/mol. The number of methoxy groups -OCH3 is 1. The number of para-hydroxylation sites is 1. The van der Waals surface area contributed by atoms with Crippen molar-refractivity contribution >= 4 is 57.5 Å². The van der Waals surface area contributed by atoms with Gasteiger partial charge in [0.1, 0.15) is 5.75 Å². The normalized spacial score (nSPS) is 15.1. The van der Waals surface area contributed by atoms with Crippen molar-refractivity contribution in [1.29, 1.82) is 0 Å². The van der Waals surface area contributed by atoms with E-state index in [0.29, 0.717) is 26.8 Å². The number of fused-ring (bicyclic) bond motifs is 1. The maximum absolute atomic E-state index is 12.6. The summed E-state index contributed by atoms with van der Waals surface area (Å²) < 4.78 is 10.8. The zero-order valence-corrected chi connectivity index (χ0v) is 18.9. The molecule has 0 radical (unpaired) electrons. The molecule has 164 valence electrons. The summed E-state index contributed by atoms with van der Waals surface area (Å²) in [7, 11) is 1.57. The highest BCUT2D eigenvalue weighted by molar-refractivity contribution is 8.18. The molecule has 3 aromatic rings. The maximum atomic E-state index is 12.6. The standard InChI is InChI=1S/C23H19ClN2O5S/c1-13-16-4-3-5-17(24)20(16)31-19(13)21(27)25-10-11-26-22(28)18(32-23(26)29)12-14-6-8-15(30-2)9-7-14/h3-9,12H,10-11H2,1-2H3,(H,25,27)/b18-12-. The first-order valence-electron chi connectivity index (χ1n) is 9.74. The number of ether oxygens (including phenoxy) is 1. The molecule has 0 unspecified atom stereocenters. The van der Waals surface area contributed by atoms with E-state index in [-0.39, 0.29) is 24.1 Å². The minimum Gasteiger partial charge on any atom is -0.497 e. The number of imide groups is 1. The van der Waals surface area contributed by atoms with Crippen LogP contribution in [0.2, 0.25) is 5.02 Å². The first kappa shape index (κ1) is 22.0. The minimum atomic E-state index is -0.435.